The highest BCUT2D eigenvalue weighted by Gasteiger charge is 2.22. The Bertz CT molecular complexity index is 333. The second-order valence-corrected chi connectivity index (χ2v) is 3.53. The average molecular weight is 270 g/mol. The molecule has 0 bridgehead atoms. The molecular weight excluding hydrogens is 263 g/mol. The van der Waals surface area contributed by atoms with E-state index in [1.54, 1.807) is 0 Å². The number of benzene rings is 1. The van der Waals surface area contributed by atoms with Crippen molar-refractivity contribution >= 4 is 15.9 Å². The lowest BCUT2D eigenvalue weighted by Crippen LogP contribution is -2.19. The van der Waals surface area contributed by atoms with Gasteiger partial charge in [-0.2, -0.15) is 0 Å². The molecule has 1 aromatic rings. The maximum atomic E-state index is 13.2. The first-order valence-electron chi connectivity index (χ1n) is 3.68. The minimum absolute atomic E-state index is 0.227. The predicted molar refractivity (Wildman–Crippen MR) is 48.0 cm³/mol. The molecular formula is C8H7BrF3NO. The molecule has 1 unspecified atom stereocenters. The van der Waals surface area contributed by atoms with Crippen LogP contribution >= 0.6 is 15.9 Å². The molecule has 78 valence electrons. The molecule has 1 aromatic carbocycles. The quantitative estimate of drug-likeness (QED) is 0.806. The summed E-state index contributed by atoms with van der Waals surface area (Å²) in [5.74, 6) is -3.57. The Labute approximate surface area is 86.7 Å². The van der Waals surface area contributed by atoms with E-state index in [1.807, 2.05) is 0 Å². The van der Waals surface area contributed by atoms with Gasteiger partial charge in [0, 0.05) is 5.56 Å². The molecule has 0 heterocycles. The summed E-state index contributed by atoms with van der Waals surface area (Å²) < 4.78 is 38.9. The first-order chi connectivity index (χ1) is 6.49. The van der Waals surface area contributed by atoms with Gasteiger partial charge < -0.3 is 10.8 Å². The van der Waals surface area contributed by atoms with Crippen LogP contribution in [0.5, 0.6) is 0 Å². The van der Waals surface area contributed by atoms with Crippen LogP contribution in [0, 0.1) is 17.5 Å². The average Bonchev–Trinajstić information content (AvgIpc) is 2.15. The normalized spacial score (nSPS) is 13.0. The Morgan fingerprint density at radius 3 is 2.43 bits per heavy atom. The van der Waals surface area contributed by atoms with E-state index in [-0.39, 0.29) is 4.47 Å². The third-order valence-corrected chi connectivity index (χ3v) is 2.29. The van der Waals surface area contributed by atoms with Gasteiger partial charge in [-0.3, -0.25) is 0 Å². The highest BCUT2D eigenvalue weighted by atomic mass is 79.9. The molecule has 0 fully saturated rings. The number of rotatable bonds is 2. The Balaban J connectivity index is 3.39. The summed E-state index contributed by atoms with van der Waals surface area (Å²) in [6, 6.07) is -0.611. The molecule has 0 amide bonds. The standard InChI is InChI=1S/C8H7BrF3NO/c9-3-1-4(10)8(12)6(7(3)11)5(13)2-14/h1,5,14H,2,13H2. The van der Waals surface area contributed by atoms with E-state index in [2.05, 4.69) is 15.9 Å². The van der Waals surface area contributed by atoms with Crippen molar-refractivity contribution in [1.82, 2.24) is 0 Å². The zero-order chi connectivity index (χ0) is 10.9. The molecule has 0 saturated carbocycles. The van der Waals surface area contributed by atoms with Gasteiger partial charge in [0.1, 0.15) is 5.82 Å². The van der Waals surface area contributed by atoms with E-state index in [9.17, 15) is 13.2 Å². The first kappa shape index (κ1) is 11.5. The number of hydrogen-bond acceptors (Lipinski definition) is 2. The fraction of sp³-hybridized carbons (Fsp3) is 0.250. The van der Waals surface area contributed by atoms with Crippen LogP contribution < -0.4 is 5.73 Å². The SMILES string of the molecule is NC(CO)c1c(F)c(F)cc(Br)c1F. The molecule has 0 radical (unpaired) electrons. The van der Waals surface area contributed by atoms with Crippen LogP contribution in [0.4, 0.5) is 13.2 Å². The van der Waals surface area contributed by atoms with E-state index >= 15 is 0 Å². The van der Waals surface area contributed by atoms with E-state index in [0.717, 1.165) is 0 Å². The van der Waals surface area contributed by atoms with Gasteiger partial charge in [-0.05, 0) is 22.0 Å². The van der Waals surface area contributed by atoms with Crippen molar-refractivity contribution in [3.05, 3.63) is 33.6 Å². The minimum Gasteiger partial charge on any atom is -0.394 e. The minimum atomic E-state index is -1.37. The molecule has 0 aliphatic rings. The number of aliphatic hydroxyl groups is 1. The smallest absolute Gasteiger partial charge is 0.166 e. The predicted octanol–water partition coefficient (Wildman–Crippen LogP) is 1.86. The Morgan fingerprint density at radius 2 is 1.93 bits per heavy atom. The highest BCUT2D eigenvalue weighted by Crippen LogP contribution is 2.27. The summed E-state index contributed by atoms with van der Waals surface area (Å²) in [5.41, 5.74) is 4.56. The van der Waals surface area contributed by atoms with Crippen molar-refractivity contribution in [2.45, 2.75) is 6.04 Å². The summed E-state index contributed by atoms with van der Waals surface area (Å²) in [4.78, 5) is 0. The van der Waals surface area contributed by atoms with E-state index in [4.69, 9.17) is 10.8 Å². The lowest BCUT2D eigenvalue weighted by molar-refractivity contribution is 0.261. The van der Waals surface area contributed by atoms with Crippen molar-refractivity contribution in [3.8, 4) is 0 Å². The summed E-state index contributed by atoms with van der Waals surface area (Å²) in [7, 11) is 0. The van der Waals surface area contributed by atoms with E-state index in [1.165, 1.54) is 0 Å². The van der Waals surface area contributed by atoms with Gasteiger partial charge in [0.2, 0.25) is 0 Å². The Kier molecular flexibility index (Phi) is 3.52. The largest absolute Gasteiger partial charge is 0.394 e. The molecule has 0 aromatic heterocycles. The second kappa shape index (κ2) is 4.29. The third-order valence-electron chi connectivity index (χ3n) is 1.71. The van der Waals surface area contributed by atoms with Crippen LogP contribution in [0.3, 0.4) is 0 Å². The number of halogens is 4. The molecule has 6 heteroatoms. The molecule has 0 aliphatic carbocycles. The fourth-order valence-electron chi connectivity index (χ4n) is 1.01. The molecule has 0 saturated heterocycles. The van der Waals surface area contributed by atoms with Gasteiger partial charge in [0.05, 0.1) is 17.1 Å². The van der Waals surface area contributed by atoms with Gasteiger partial charge in [0.25, 0.3) is 0 Å². The topological polar surface area (TPSA) is 46.2 Å². The van der Waals surface area contributed by atoms with Crippen molar-refractivity contribution in [3.63, 3.8) is 0 Å². The molecule has 1 atom stereocenters. The van der Waals surface area contributed by atoms with Crippen molar-refractivity contribution < 1.29 is 18.3 Å². The zero-order valence-corrected chi connectivity index (χ0v) is 8.48. The Hall–Kier alpha value is -0.590. The van der Waals surface area contributed by atoms with Gasteiger partial charge in [-0.1, -0.05) is 0 Å². The van der Waals surface area contributed by atoms with Crippen LogP contribution in [-0.4, -0.2) is 11.7 Å². The number of aliphatic hydroxyl groups excluding tert-OH is 1. The maximum absolute atomic E-state index is 13.2. The van der Waals surface area contributed by atoms with Crippen molar-refractivity contribution in [2.24, 2.45) is 5.73 Å². The van der Waals surface area contributed by atoms with Crippen LogP contribution in [0.25, 0.3) is 0 Å². The molecule has 1 rings (SSSR count). The van der Waals surface area contributed by atoms with Crippen LogP contribution in [0.2, 0.25) is 0 Å². The fourth-order valence-corrected chi connectivity index (χ4v) is 1.42. The summed E-state index contributed by atoms with van der Waals surface area (Å²) >= 11 is 2.71. The first-order valence-corrected chi connectivity index (χ1v) is 4.47. The lowest BCUT2D eigenvalue weighted by Gasteiger charge is -2.12. The van der Waals surface area contributed by atoms with Gasteiger partial charge in [-0.25, -0.2) is 13.2 Å². The monoisotopic (exact) mass is 269 g/mol. The van der Waals surface area contributed by atoms with Crippen LogP contribution in [0.15, 0.2) is 10.5 Å². The summed E-state index contributed by atoms with van der Waals surface area (Å²) in [6.07, 6.45) is 0. The van der Waals surface area contributed by atoms with Crippen LogP contribution in [-0.2, 0) is 0 Å². The molecule has 2 nitrogen and oxygen atoms in total. The maximum Gasteiger partial charge on any atom is 0.166 e. The van der Waals surface area contributed by atoms with Crippen molar-refractivity contribution in [2.75, 3.05) is 6.61 Å². The number of hydrogen-bond donors (Lipinski definition) is 2. The van der Waals surface area contributed by atoms with Gasteiger partial charge >= 0.3 is 0 Å². The van der Waals surface area contributed by atoms with E-state index < -0.39 is 35.7 Å². The molecule has 3 N–H and O–H groups in total. The third kappa shape index (κ3) is 1.92. The highest BCUT2D eigenvalue weighted by molar-refractivity contribution is 9.10. The molecule has 0 aliphatic heterocycles. The van der Waals surface area contributed by atoms with Gasteiger partial charge in [0.15, 0.2) is 11.6 Å². The van der Waals surface area contributed by atoms with E-state index in [0.29, 0.717) is 6.07 Å². The lowest BCUT2D eigenvalue weighted by atomic mass is 10.1. The summed E-state index contributed by atoms with van der Waals surface area (Å²) in [5, 5.41) is 8.62. The zero-order valence-electron chi connectivity index (χ0n) is 6.90. The number of nitrogens with two attached hydrogens (primary N) is 1. The summed E-state index contributed by atoms with van der Waals surface area (Å²) in [6.45, 7) is -0.663. The molecule has 14 heavy (non-hydrogen) atoms. The molecule has 0 spiro atoms. The van der Waals surface area contributed by atoms with Crippen molar-refractivity contribution in [1.29, 1.82) is 0 Å². The van der Waals surface area contributed by atoms with Gasteiger partial charge in [-0.15, -0.1) is 0 Å². The Morgan fingerprint density at radius 1 is 1.36 bits per heavy atom. The second-order valence-electron chi connectivity index (χ2n) is 2.67. The van der Waals surface area contributed by atoms with Crippen LogP contribution in [0.1, 0.15) is 11.6 Å².